The van der Waals surface area contributed by atoms with Gasteiger partial charge in [0.25, 0.3) is 5.91 Å². The zero-order chi connectivity index (χ0) is 12.5. The number of rotatable bonds is 3. The van der Waals surface area contributed by atoms with Crippen LogP contribution in [0.1, 0.15) is 35.2 Å². The highest BCUT2D eigenvalue weighted by atomic mass is 35.5. The van der Waals surface area contributed by atoms with Crippen LogP contribution in [0.25, 0.3) is 0 Å². The number of nitrogens with one attached hydrogen (secondary N) is 1. The van der Waals surface area contributed by atoms with Gasteiger partial charge < -0.3 is 5.32 Å². The Morgan fingerprint density at radius 2 is 2.24 bits per heavy atom. The molecular weight excluding hydrogens is 241 g/mol. The number of hydrogen-bond donors (Lipinski definition) is 1. The van der Waals surface area contributed by atoms with Crippen molar-refractivity contribution in [3.05, 3.63) is 35.1 Å². The lowest BCUT2D eigenvalue weighted by atomic mass is 9.78. The molecule has 0 aliphatic heterocycles. The Kier molecular flexibility index (Phi) is 3.38. The normalized spacial score (nSPS) is 17.4. The van der Waals surface area contributed by atoms with Gasteiger partial charge in [-0.2, -0.15) is 0 Å². The summed E-state index contributed by atoms with van der Waals surface area (Å²) in [5.74, 6) is -0.0375. The summed E-state index contributed by atoms with van der Waals surface area (Å²) in [4.78, 5) is 12.0. The lowest BCUT2D eigenvalue weighted by molar-refractivity contribution is 0.0853. The second-order valence-electron chi connectivity index (χ2n) is 4.69. The maximum absolute atomic E-state index is 13.1. The zero-order valence-corrected chi connectivity index (χ0v) is 10.5. The largest absolute Gasteiger partial charge is 0.345 e. The van der Waals surface area contributed by atoms with Crippen molar-refractivity contribution >= 4 is 17.5 Å². The fraction of sp³-hybridized carbons (Fsp3) is 0.462. The first-order valence-corrected chi connectivity index (χ1v) is 6.24. The number of carbonyl (C=O) groups excluding carboxylic acids is 1. The summed E-state index contributed by atoms with van der Waals surface area (Å²) in [5.41, 5.74) is 0.715. The molecule has 1 saturated carbocycles. The van der Waals surface area contributed by atoms with E-state index in [2.05, 4.69) is 5.32 Å². The van der Waals surface area contributed by atoms with Gasteiger partial charge in [-0.1, -0.05) is 0 Å². The molecule has 0 heterocycles. The molecule has 0 saturated heterocycles. The van der Waals surface area contributed by atoms with Gasteiger partial charge >= 0.3 is 0 Å². The molecular formula is C13H15ClFNO. The van der Waals surface area contributed by atoms with E-state index in [0.717, 1.165) is 19.3 Å². The Balaban J connectivity index is 2.11. The van der Waals surface area contributed by atoms with Crippen molar-refractivity contribution < 1.29 is 9.18 Å². The second kappa shape index (κ2) is 4.65. The molecule has 1 aromatic carbocycles. The maximum Gasteiger partial charge on any atom is 0.251 e. The van der Waals surface area contributed by atoms with E-state index >= 15 is 0 Å². The fourth-order valence-electron chi connectivity index (χ4n) is 1.99. The Morgan fingerprint density at radius 3 is 2.71 bits per heavy atom. The highest BCUT2D eigenvalue weighted by molar-refractivity contribution is 6.19. The molecule has 1 N–H and O–H groups in total. The molecule has 0 bridgehead atoms. The smallest absolute Gasteiger partial charge is 0.251 e. The highest BCUT2D eigenvalue weighted by Crippen LogP contribution is 2.33. The predicted octanol–water partition coefficient (Wildman–Crippen LogP) is 3.03. The summed E-state index contributed by atoms with van der Waals surface area (Å²) in [6, 6.07) is 4.38. The maximum atomic E-state index is 13.1. The topological polar surface area (TPSA) is 29.1 Å². The van der Waals surface area contributed by atoms with Crippen LogP contribution in [-0.2, 0) is 0 Å². The van der Waals surface area contributed by atoms with Gasteiger partial charge in [-0.05, 0) is 49.9 Å². The molecule has 1 aliphatic carbocycles. The predicted molar refractivity (Wildman–Crippen MR) is 65.9 cm³/mol. The third-order valence-electron chi connectivity index (χ3n) is 3.37. The molecule has 0 aromatic heterocycles. The first-order valence-electron chi connectivity index (χ1n) is 5.71. The van der Waals surface area contributed by atoms with Gasteiger partial charge in [0.05, 0.1) is 5.54 Å². The fourth-order valence-corrected chi connectivity index (χ4v) is 2.33. The van der Waals surface area contributed by atoms with Gasteiger partial charge in [0, 0.05) is 11.4 Å². The van der Waals surface area contributed by atoms with Gasteiger partial charge in [-0.3, -0.25) is 4.79 Å². The van der Waals surface area contributed by atoms with Crippen LogP contribution in [0, 0.1) is 12.7 Å². The van der Waals surface area contributed by atoms with E-state index in [1.165, 1.54) is 12.1 Å². The van der Waals surface area contributed by atoms with E-state index in [0.29, 0.717) is 17.0 Å². The molecule has 0 unspecified atom stereocenters. The number of benzene rings is 1. The molecule has 17 heavy (non-hydrogen) atoms. The van der Waals surface area contributed by atoms with Crippen LogP contribution < -0.4 is 5.32 Å². The zero-order valence-electron chi connectivity index (χ0n) is 9.72. The SMILES string of the molecule is Cc1cc(C(=O)NC2(CCl)CCC2)ccc1F. The Bertz CT molecular complexity index is 438. The monoisotopic (exact) mass is 255 g/mol. The van der Waals surface area contributed by atoms with Crippen LogP contribution in [0.4, 0.5) is 4.39 Å². The minimum atomic E-state index is -0.294. The van der Waals surface area contributed by atoms with Crippen LogP contribution in [0.3, 0.4) is 0 Å². The quantitative estimate of drug-likeness (QED) is 0.827. The summed E-state index contributed by atoms with van der Waals surface area (Å²) in [7, 11) is 0. The highest BCUT2D eigenvalue weighted by Gasteiger charge is 2.37. The van der Waals surface area contributed by atoms with E-state index in [9.17, 15) is 9.18 Å². The standard InChI is InChI=1S/C13H15ClFNO/c1-9-7-10(3-4-11(9)15)12(17)16-13(8-14)5-2-6-13/h3-4,7H,2,5-6,8H2,1H3,(H,16,17). The molecule has 1 fully saturated rings. The van der Waals surface area contributed by atoms with Crippen molar-refractivity contribution in [2.75, 3.05) is 5.88 Å². The van der Waals surface area contributed by atoms with Gasteiger partial charge in [-0.25, -0.2) is 4.39 Å². The minimum Gasteiger partial charge on any atom is -0.345 e. The summed E-state index contributed by atoms with van der Waals surface area (Å²) in [6.45, 7) is 1.65. The summed E-state index contributed by atoms with van der Waals surface area (Å²) in [5, 5.41) is 2.95. The number of hydrogen-bond acceptors (Lipinski definition) is 1. The number of halogens is 2. The van der Waals surface area contributed by atoms with E-state index < -0.39 is 0 Å². The molecule has 2 rings (SSSR count). The van der Waals surface area contributed by atoms with E-state index in [1.807, 2.05) is 0 Å². The Hall–Kier alpha value is -1.09. The van der Waals surface area contributed by atoms with Gasteiger partial charge in [0.1, 0.15) is 5.82 Å². The van der Waals surface area contributed by atoms with Crippen LogP contribution >= 0.6 is 11.6 Å². The van der Waals surface area contributed by atoms with Crippen LogP contribution in [0.15, 0.2) is 18.2 Å². The lowest BCUT2D eigenvalue weighted by Gasteiger charge is -2.41. The molecule has 1 aliphatic rings. The average Bonchev–Trinajstić information content (AvgIpc) is 2.27. The number of alkyl halides is 1. The van der Waals surface area contributed by atoms with E-state index in [-0.39, 0.29) is 17.3 Å². The number of carbonyl (C=O) groups is 1. The molecule has 4 heteroatoms. The van der Waals surface area contributed by atoms with Crippen molar-refractivity contribution in [3.63, 3.8) is 0 Å². The van der Waals surface area contributed by atoms with Crippen molar-refractivity contribution in [3.8, 4) is 0 Å². The first kappa shape index (κ1) is 12.4. The summed E-state index contributed by atoms with van der Waals surface area (Å²) < 4.78 is 13.1. The van der Waals surface area contributed by atoms with E-state index in [1.54, 1.807) is 13.0 Å². The number of amides is 1. The first-order chi connectivity index (χ1) is 8.06. The van der Waals surface area contributed by atoms with Crippen molar-refractivity contribution in [1.29, 1.82) is 0 Å². The third-order valence-corrected chi connectivity index (χ3v) is 3.88. The van der Waals surface area contributed by atoms with Crippen molar-refractivity contribution in [2.24, 2.45) is 0 Å². The van der Waals surface area contributed by atoms with Crippen LogP contribution in [0.5, 0.6) is 0 Å². The minimum absolute atomic E-state index is 0.173. The van der Waals surface area contributed by atoms with Crippen LogP contribution in [-0.4, -0.2) is 17.3 Å². The molecule has 0 atom stereocenters. The molecule has 92 valence electrons. The molecule has 2 nitrogen and oxygen atoms in total. The molecule has 0 spiro atoms. The molecule has 0 radical (unpaired) electrons. The van der Waals surface area contributed by atoms with Gasteiger partial charge in [-0.15, -0.1) is 11.6 Å². The van der Waals surface area contributed by atoms with Gasteiger partial charge in [0.15, 0.2) is 0 Å². The summed E-state index contributed by atoms with van der Waals surface area (Å²) >= 11 is 5.87. The molecule has 1 amide bonds. The lowest BCUT2D eigenvalue weighted by Crippen LogP contribution is -2.55. The van der Waals surface area contributed by atoms with Gasteiger partial charge in [0.2, 0.25) is 0 Å². The molecule has 1 aromatic rings. The third kappa shape index (κ3) is 2.44. The van der Waals surface area contributed by atoms with Crippen molar-refractivity contribution in [2.45, 2.75) is 31.7 Å². The van der Waals surface area contributed by atoms with Crippen molar-refractivity contribution in [1.82, 2.24) is 5.32 Å². The average molecular weight is 256 g/mol. The Morgan fingerprint density at radius 1 is 1.53 bits per heavy atom. The van der Waals surface area contributed by atoms with E-state index in [4.69, 9.17) is 11.6 Å². The van der Waals surface area contributed by atoms with Crippen LogP contribution in [0.2, 0.25) is 0 Å². The Labute approximate surface area is 105 Å². The number of aryl methyl sites for hydroxylation is 1. The second-order valence-corrected chi connectivity index (χ2v) is 4.95. The summed E-state index contributed by atoms with van der Waals surface area (Å²) in [6.07, 6.45) is 2.93.